The molecule has 1 heterocycles. The van der Waals surface area contributed by atoms with Crippen LogP contribution < -0.4 is 10.0 Å². The molecule has 0 radical (unpaired) electrons. The second kappa shape index (κ2) is 8.87. The second-order valence-electron chi connectivity index (χ2n) is 7.40. The predicted octanol–water partition coefficient (Wildman–Crippen LogP) is 3.71. The van der Waals surface area contributed by atoms with Gasteiger partial charge in [0.15, 0.2) is 5.82 Å². The molecule has 0 bridgehead atoms. The summed E-state index contributed by atoms with van der Waals surface area (Å²) in [5.74, 6) is -0.866. The van der Waals surface area contributed by atoms with Gasteiger partial charge in [0, 0.05) is 33.7 Å². The van der Waals surface area contributed by atoms with Crippen LogP contribution in [0.4, 0.5) is 10.1 Å². The molecule has 0 unspecified atom stereocenters. The number of benzene rings is 2. The molecular formula is C21H20ClFN4O4S. The first kappa shape index (κ1) is 22.2. The summed E-state index contributed by atoms with van der Waals surface area (Å²) in [6.07, 6.45) is 0.518. The van der Waals surface area contributed by atoms with E-state index >= 15 is 0 Å². The number of rotatable bonds is 8. The Hall–Kier alpha value is -2.98. The molecule has 0 aliphatic heterocycles. The standard InChI is InChI=1S/C21H20ClFN4O4S/c1-2-32(29,30)27-13-6-3-5-12(9-13)21-25-18(26-31-21)11-24-20(28)15-10-14(15)19-16(22)7-4-8-17(19)23/h3-9,14-15,27H,2,10-11H2,1H3,(H,24,28)/t14-,15-/m1/s1. The molecule has 168 valence electrons. The first-order valence-corrected chi connectivity index (χ1v) is 12.0. The molecule has 2 aromatic carbocycles. The van der Waals surface area contributed by atoms with Crippen molar-refractivity contribution in [3.8, 4) is 11.5 Å². The third-order valence-electron chi connectivity index (χ3n) is 5.15. The van der Waals surface area contributed by atoms with Gasteiger partial charge in [-0.05, 0) is 43.7 Å². The van der Waals surface area contributed by atoms with Crippen molar-refractivity contribution >= 4 is 33.2 Å². The molecule has 1 amide bonds. The Morgan fingerprint density at radius 3 is 2.81 bits per heavy atom. The minimum absolute atomic E-state index is 0.0404. The summed E-state index contributed by atoms with van der Waals surface area (Å²) < 4.78 is 45.2. The van der Waals surface area contributed by atoms with E-state index in [4.69, 9.17) is 16.1 Å². The van der Waals surface area contributed by atoms with E-state index in [1.165, 1.54) is 12.1 Å². The normalized spacial score (nSPS) is 17.7. The highest BCUT2D eigenvalue weighted by molar-refractivity contribution is 7.92. The molecule has 2 N–H and O–H groups in total. The first-order valence-electron chi connectivity index (χ1n) is 9.92. The van der Waals surface area contributed by atoms with E-state index in [-0.39, 0.29) is 41.8 Å². The van der Waals surface area contributed by atoms with Gasteiger partial charge in [0.2, 0.25) is 15.9 Å². The lowest BCUT2D eigenvalue weighted by Gasteiger charge is -2.06. The summed E-state index contributed by atoms with van der Waals surface area (Å²) >= 11 is 6.08. The molecule has 3 aromatic rings. The fraction of sp³-hybridized carbons (Fsp3) is 0.286. The molecule has 0 spiro atoms. The smallest absolute Gasteiger partial charge is 0.258 e. The Morgan fingerprint density at radius 1 is 1.28 bits per heavy atom. The molecule has 2 atom stereocenters. The number of amides is 1. The van der Waals surface area contributed by atoms with Gasteiger partial charge >= 0.3 is 0 Å². The fourth-order valence-electron chi connectivity index (χ4n) is 3.38. The second-order valence-corrected chi connectivity index (χ2v) is 9.82. The lowest BCUT2D eigenvalue weighted by Crippen LogP contribution is -2.25. The minimum Gasteiger partial charge on any atom is -0.348 e. The van der Waals surface area contributed by atoms with Crippen LogP contribution >= 0.6 is 11.6 Å². The molecule has 1 saturated carbocycles. The average Bonchev–Trinajstić information content (AvgIpc) is 3.39. The van der Waals surface area contributed by atoms with Crippen molar-refractivity contribution in [2.24, 2.45) is 5.92 Å². The lowest BCUT2D eigenvalue weighted by molar-refractivity contribution is -0.122. The quantitative estimate of drug-likeness (QED) is 0.510. The minimum atomic E-state index is -3.41. The van der Waals surface area contributed by atoms with Crippen LogP contribution in [0.15, 0.2) is 47.0 Å². The lowest BCUT2D eigenvalue weighted by atomic mass is 10.1. The SMILES string of the molecule is CCS(=O)(=O)Nc1cccc(-c2nc(CNC(=O)[C@@H]3C[C@H]3c3c(F)cccc3Cl)no2)c1. The molecule has 1 aliphatic rings. The zero-order valence-corrected chi connectivity index (χ0v) is 18.6. The number of anilines is 1. The summed E-state index contributed by atoms with van der Waals surface area (Å²) in [7, 11) is -3.41. The molecule has 0 saturated heterocycles. The van der Waals surface area contributed by atoms with Gasteiger partial charge in [-0.25, -0.2) is 12.8 Å². The van der Waals surface area contributed by atoms with E-state index in [2.05, 4.69) is 20.2 Å². The number of hydrogen-bond acceptors (Lipinski definition) is 6. The monoisotopic (exact) mass is 478 g/mol. The van der Waals surface area contributed by atoms with E-state index < -0.39 is 15.8 Å². The number of nitrogens with one attached hydrogen (secondary N) is 2. The third kappa shape index (κ3) is 4.91. The predicted molar refractivity (Wildman–Crippen MR) is 117 cm³/mol. The zero-order valence-electron chi connectivity index (χ0n) is 17.0. The van der Waals surface area contributed by atoms with Gasteiger partial charge in [0.1, 0.15) is 5.82 Å². The van der Waals surface area contributed by atoms with Crippen molar-refractivity contribution in [1.82, 2.24) is 15.5 Å². The van der Waals surface area contributed by atoms with Crippen molar-refractivity contribution in [3.63, 3.8) is 0 Å². The van der Waals surface area contributed by atoms with E-state index in [0.717, 1.165) is 0 Å². The number of hydrogen-bond donors (Lipinski definition) is 2. The van der Waals surface area contributed by atoms with Crippen LogP contribution in [0.2, 0.25) is 5.02 Å². The Morgan fingerprint density at radius 2 is 2.06 bits per heavy atom. The number of aromatic nitrogens is 2. The molecule has 8 nitrogen and oxygen atoms in total. The summed E-state index contributed by atoms with van der Waals surface area (Å²) in [5, 5.41) is 6.90. The number of nitrogens with zero attached hydrogens (tertiary/aromatic N) is 2. The molecule has 32 heavy (non-hydrogen) atoms. The van der Waals surface area contributed by atoms with Crippen molar-refractivity contribution in [3.05, 3.63) is 64.7 Å². The first-order chi connectivity index (χ1) is 15.3. The fourth-order valence-corrected chi connectivity index (χ4v) is 4.31. The molecule has 1 aromatic heterocycles. The van der Waals surface area contributed by atoms with Crippen LogP contribution in [-0.2, 0) is 21.4 Å². The highest BCUT2D eigenvalue weighted by Gasteiger charge is 2.46. The van der Waals surface area contributed by atoms with Crippen molar-refractivity contribution < 1.29 is 22.1 Å². The van der Waals surface area contributed by atoms with Crippen molar-refractivity contribution in [1.29, 1.82) is 0 Å². The van der Waals surface area contributed by atoms with E-state index in [1.54, 1.807) is 37.3 Å². The van der Waals surface area contributed by atoms with Crippen LogP contribution in [-0.4, -0.2) is 30.2 Å². The van der Waals surface area contributed by atoms with Gasteiger partial charge in [-0.1, -0.05) is 28.9 Å². The van der Waals surface area contributed by atoms with Gasteiger partial charge in [0.25, 0.3) is 5.89 Å². The van der Waals surface area contributed by atoms with E-state index in [1.807, 2.05) is 0 Å². The van der Waals surface area contributed by atoms with Crippen LogP contribution in [0.3, 0.4) is 0 Å². The maximum absolute atomic E-state index is 14.0. The molecule has 4 rings (SSSR count). The third-order valence-corrected chi connectivity index (χ3v) is 6.79. The maximum Gasteiger partial charge on any atom is 0.258 e. The Labute approximate surface area is 189 Å². The van der Waals surface area contributed by atoms with Crippen molar-refractivity contribution in [2.45, 2.75) is 25.8 Å². The Bertz CT molecular complexity index is 1240. The van der Waals surface area contributed by atoms with Crippen LogP contribution in [0.25, 0.3) is 11.5 Å². The molecular weight excluding hydrogens is 459 g/mol. The van der Waals surface area contributed by atoms with Gasteiger partial charge in [-0.2, -0.15) is 4.98 Å². The molecule has 11 heteroatoms. The highest BCUT2D eigenvalue weighted by atomic mass is 35.5. The van der Waals surface area contributed by atoms with Gasteiger partial charge in [-0.15, -0.1) is 0 Å². The maximum atomic E-state index is 14.0. The van der Waals surface area contributed by atoms with Gasteiger partial charge < -0.3 is 9.84 Å². The van der Waals surface area contributed by atoms with Gasteiger partial charge in [0.05, 0.1) is 12.3 Å². The topological polar surface area (TPSA) is 114 Å². The van der Waals surface area contributed by atoms with E-state index in [9.17, 15) is 17.6 Å². The Kier molecular flexibility index (Phi) is 6.16. The Balaban J connectivity index is 1.37. The average molecular weight is 479 g/mol. The van der Waals surface area contributed by atoms with Crippen LogP contribution in [0.1, 0.15) is 30.7 Å². The van der Waals surface area contributed by atoms with Crippen LogP contribution in [0.5, 0.6) is 0 Å². The highest BCUT2D eigenvalue weighted by Crippen LogP contribution is 2.50. The summed E-state index contributed by atoms with van der Waals surface area (Å²) in [4.78, 5) is 16.7. The summed E-state index contributed by atoms with van der Waals surface area (Å²) in [6.45, 7) is 1.58. The van der Waals surface area contributed by atoms with Crippen LogP contribution in [0, 0.1) is 11.7 Å². The van der Waals surface area contributed by atoms with E-state index in [0.29, 0.717) is 28.3 Å². The number of carbonyl (C=O) groups is 1. The molecule has 1 fully saturated rings. The molecule has 1 aliphatic carbocycles. The summed E-state index contributed by atoms with van der Waals surface area (Å²) in [5.41, 5.74) is 1.28. The van der Waals surface area contributed by atoms with Gasteiger partial charge in [-0.3, -0.25) is 9.52 Å². The number of carbonyl (C=O) groups excluding carboxylic acids is 1. The number of halogens is 2. The largest absolute Gasteiger partial charge is 0.348 e. The van der Waals surface area contributed by atoms with Crippen molar-refractivity contribution in [2.75, 3.05) is 10.5 Å². The zero-order chi connectivity index (χ0) is 22.9. The number of sulfonamides is 1. The summed E-state index contributed by atoms with van der Waals surface area (Å²) in [6, 6.07) is 11.0.